The van der Waals surface area contributed by atoms with Gasteiger partial charge in [0.25, 0.3) is 0 Å². The van der Waals surface area contributed by atoms with Gasteiger partial charge in [0.2, 0.25) is 5.91 Å². The molecular formula is C13H11BrN4O. The van der Waals surface area contributed by atoms with Crippen LogP contribution >= 0.6 is 15.9 Å². The molecular weight excluding hydrogens is 308 g/mol. The summed E-state index contributed by atoms with van der Waals surface area (Å²) in [6.45, 7) is 0. The Morgan fingerprint density at radius 2 is 2.21 bits per heavy atom. The highest BCUT2D eigenvalue weighted by molar-refractivity contribution is 9.10. The van der Waals surface area contributed by atoms with Crippen LogP contribution in [0, 0.1) is 5.92 Å². The van der Waals surface area contributed by atoms with E-state index < -0.39 is 0 Å². The van der Waals surface area contributed by atoms with E-state index in [2.05, 4.69) is 36.2 Å². The highest BCUT2D eigenvalue weighted by atomic mass is 79.9. The van der Waals surface area contributed by atoms with Crippen molar-refractivity contribution < 1.29 is 4.79 Å². The summed E-state index contributed by atoms with van der Waals surface area (Å²) >= 11 is 3.36. The molecule has 3 rings (SSSR count). The van der Waals surface area contributed by atoms with Gasteiger partial charge in [-0.2, -0.15) is 0 Å². The Morgan fingerprint density at radius 3 is 2.89 bits per heavy atom. The van der Waals surface area contributed by atoms with E-state index in [0.717, 1.165) is 18.4 Å². The van der Waals surface area contributed by atoms with Gasteiger partial charge in [-0.05, 0) is 40.9 Å². The topological polar surface area (TPSA) is 67.8 Å². The SMILES string of the molecule is O=C(Nc1cnc(Br)c(-c2cccnc2)n1)C1CC1. The fourth-order valence-electron chi connectivity index (χ4n) is 1.69. The molecule has 0 aliphatic heterocycles. The molecule has 1 aliphatic carbocycles. The standard InChI is InChI=1S/C13H11BrN4O/c14-12-11(9-2-1-5-15-6-9)17-10(7-16-12)18-13(19)8-3-4-8/h1-2,5-8H,3-4H2,(H,17,18,19). The Bertz CT molecular complexity index is 613. The van der Waals surface area contributed by atoms with Gasteiger partial charge in [0.05, 0.1) is 6.20 Å². The van der Waals surface area contributed by atoms with Crippen LogP contribution in [0.3, 0.4) is 0 Å². The summed E-state index contributed by atoms with van der Waals surface area (Å²) < 4.78 is 0.630. The molecule has 2 heterocycles. The van der Waals surface area contributed by atoms with Crippen molar-refractivity contribution >= 4 is 27.7 Å². The summed E-state index contributed by atoms with van der Waals surface area (Å²) in [7, 11) is 0. The van der Waals surface area contributed by atoms with Crippen molar-refractivity contribution in [2.75, 3.05) is 5.32 Å². The maximum Gasteiger partial charge on any atom is 0.228 e. The minimum absolute atomic E-state index is 0.0220. The first-order valence-corrected chi connectivity index (χ1v) is 6.77. The van der Waals surface area contributed by atoms with Crippen molar-refractivity contribution in [3.8, 4) is 11.3 Å². The second-order valence-electron chi connectivity index (χ2n) is 4.40. The van der Waals surface area contributed by atoms with Gasteiger partial charge in [-0.25, -0.2) is 9.97 Å². The van der Waals surface area contributed by atoms with Gasteiger partial charge >= 0.3 is 0 Å². The fraction of sp³-hybridized carbons (Fsp3) is 0.231. The van der Waals surface area contributed by atoms with Crippen molar-refractivity contribution in [3.63, 3.8) is 0 Å². The third-order valence-corrected chi connectivity index (χ3v) is 3.44. The molecule has 1 saturated carbocycles. The highest BCUT2D eigenvalue weighted by Crippen LogP contribution is 2.30. The van der Waals surface area contributed by atoms with Gasteiger partial charge < -0.3 is 5.32 Å². The zero-order valence-electron chi connectivity index (χ0n) is 10.0. The molecule has 0 spiro atoms. The van der Waals surface area contributed by atoms with Crippen molar-refractivity contribution in [1.29, 1.82) is 0 Å². The summed E-state index contributed by atoms with van der Waals surface area (Å²) in [4.78, 5) is 24.4. The zero-order valence-corrected chi connectivity index (χ0v) is 11.6. The Labute approximate surface area is 118 Å². The lowest BCUT2D eigenvalue weighted by molar-refractivity contribution is -0.117. The predicted octanol–water partition coefficient (Wildman–Crippen LogP) is 2.65. The molecule has 1 N–H and O–H groups in total. The molecule has 5 nitrogen and oxygen atoms in total. The number of aromatic nitrogens is 3. The lowest BCUT2D eigenvalue weighted by atomic mass is 10.2. The van der Waals surface area contributed by atoms with Crippen LogP contribution in [0.1, 0.15) is 12.8 Å². The molecule has 96 valence electrons. The molecule has 0 atom stereocenters. The van der Waals surface area contributed by atoms with Crippen LogP contribution in [-0.2, 0) is 4.79 Å². The van der Waals surface area contributed by atoms with E-state index in [9.17, 15) is 4.79 Å². The average molecular weight is 319 g/mol. The first-order chi connectivity index (χ1) is 9.24. The Balaban J connectivity index is 1.89. The van der Waals surface area contributed by atoms with Crippen LogP contribution in [-0.4, -0.2) is 20.9 Å². The lowest BCUT2D eigenvalue weighted by Gasteiger charge is -2.07. The zero-order chi connectivity index (χ0) is 13.2. The maximum atomic E-state index is 11.7. The number of halogens is 1. The molecule has 0 aromatic carbocycles. The van der Waals surface area contributed by atoms with Gasteiger partial charge in [0, 0.05) is 23.9 Å². The van der Waals surface area contributed by atoms with Crippen LogP contribution < -0.4 is 5.32 Å². The van der Waals surface area contributed by atoms with E-state index in [-0.39, 0.29) is 11.8 Å². The summed E-state index contributed by atoms with van der Waals surface area (Å²) in [5, 5.41) is 2.79. The number of carbonyl (C=O) groups is 1. The number of carbonyl (C=O) groups excluding carboxylic acids is 1. The molecule has 0 unspecified atom stereocenters. The summed E-state index contributed by atoms with van der Waals surface area (Å²) in [5.41, 5.74) is 1.52. The molecule has 1 amide bonds. The van der Waals surface area contributed by atoms with Gasteiger partial charge in [-0.15, -0.1) is 0 Å². The number of hydrogen-bond donors (Lipinski definition) is 1. The Kier molecular flexibility index (Phi) is 3.25. The van der Waals surface area contributed by atoms with Crippen LogP contribution in [0.4, 0.5) is 5.82 Å². The molecule has 1 aliphatic rings. The molecule has 19 heavy (non-hydrogen) atoms. The van der Waals surface area contributed by atoms with Gasteiger partial charge in [0.15, 0.2) is 5.82 Å². The fourth-order valence-corrected chi connectivity index (χ4v) is 2.11. The van der Waals surface area contributed by atoms with E-state index >= 15 is 0 Å². The third-order valence-electron chi connectivity index (χ3n) is 2.86. The van der Waals surface area contributed by atoms with Gasteiger partial charge in [-0.1, -0.05) is 0 Å². The quantitative estimate of drug-likeness (QED) is 0.944. The Hall–Kier alpha value is -1.82. The minimum atomic E-state index is 0.0220. The van der Waals surface area contributed by atoms with Crippen molar-refractivity contribution in [2.45, 2.75) is 12.8 Å². The summed E-state index contributed by atoms with van der Waals surface area (Å²) in [6.07, 6.45) is 6.88. The van der Waals surface area contributed by atoms with Gasteiger partial charge in [0.1, 0.15) is 10.3 Å². The number of amides is 1. The third kappa shape index (κ3) is 2.78. The number of rotatable bonds is 3. The van der Waals surface area contributed by atoms with E-state index in [0.29, 0.717) is 16.1 Å². The largest absolute Gasteiger partial charge is 0.309 e. The van der Waals surface area contributed by atoms with E-state index in [1.54, 1.807) is 18.6 Å². The molecule has 1 fully saturated rings. The van der Waals surface area contributed by atoms with Crippen LogP contribution in [0.25, 0.3) is 11.3 Å². The number of hydrogen-bond acceptors (Lipinski definition) is 4. The smallest absolute Gasteiger partial charge is 0.228 e. The lowest BCUT2D eigenvalue weighted by Crippen LogP contribution is -2.14. The van der Waals surface area contributed by atoms with E-state index in [1.165, 1.54) is 0 Å². The Morgan fingerprint density at radius 1 is 1.37 bits per heavy atom. The maximum absolute atomic E-state index is 11.7. The number of anilines is 1. The van der Waals surface area contributed by atoms with Gasteiger partial charge in [-0.3, -0.25) is 9.78 Å². The molecule has 0 radical (unpaired) electrons. The monoisotopic (exact) mass is 318 g/mol. The second-order valence-corrected chi connectivity index (χ2v) is 5.15. The first-order valence-electron chi connectivity index (χ1n) is 5.98. The van der Waals surface area contributed by atoms with Crippen molar-refractivity contribution in [3.05, 3.63) is 35.3 Å². The summed E-state index contributed by atoms with van der Waals surface area (Å²) in [6, 6.07) is 3.73. The van der Waals surface area contributed by atoms with E-state index in [1.807, 2.05) is 12.1 Å². The highest BCUT2D eigenvalue weighted by Gasteiger charge is 2.29. The molecule has 2 aromatic rings. The van der Waals surface area contributed by atoms with Crippen molar-refractivity contribution in [1.82, 2.24) is 15.0 Å². The van der Waals surface area contributed by atoms with Crippen LogP contribution in [0.2, 0.25) is 0 Å². The predicted molar refractivity (Wildman–Crippen MR) is 74.3 cm³/mol. The number of nitrogens with zero attached hydrogens (tertiary/aromatic N) is 3. The first kappa shape index (κ1) is 12.2. The number of pyridine rings is 1. The summed E-state index contributed by atoms with van der Waals surface area (Å²) in [5.74, 6) is 0.639. The average Bonchev–Trinajstić information content (AvgIpc) is 3.26. The van der Waals surface area contributed by atoms with Crippen LogP contribution in [0.15, 0.2) is 35.3 Å². The van der Waals surface area contributed by atoms with E-state index in [4.69, 9.17) is 0 Å². The normalized spacial score (nSPS) is 14.2. The molecule has 6 heteroatoms. The van der Waals surface area contributed by atoms with Crippen molar-refractivity contribution in [2.24, 2.45) is 5.92 Å². The second kappa shape index (κ2) is 5.05. The minimum Gasteiger partial charge on any atom is -0.309 e. The number of nitrogens with one attached hydrogen (secondary N) is 1. The molecule has 0 bridgehead atoms. The van der Waals surface area contributed by atoms with Crippen LogP contribution in [0.5, 0.6) is 0 Å². The molecule has 0 saturated heterocycles. The molecule has 2 aromatic heterocycles.